The summed E-state index contributed by atoms with van der Waals surface area (Å²) in [5, 5.41) is 6.27. The number of hydrogen-bond acceptors (Lipinski definition) is 4. The lowest BCUT2D eigenvalue weighted by molar-refractivity contribution is -0.122. The van der Waals surface area contributed by atoms with Crippen molar-refractivity contribution in [2.75, 3.05) is 39.8 Å². The van der Waals surface area contributed by atoms with E-state index in [2.05, 4.69) is 15.5 Å². The molecule has 1 amide bonds. The first-order valence-corrected chi connectivity index (χ1v) is 7.06. The van der Waals surface area contributed by atoms with Crippen molar-refractivity contribution in [1.82, 2.24) is 15.5 Å². The summed E-state index contributed by atoms with van der Waals surface area (Å²) in [5.41, 5.74) is 0. The molecule has 0 aromatic heterocycles. The van der Waals surface area contributed by atoms with E-state index in [4.69, 9.17) is 4.74 Å². The fraction of sp³-hybridized carbons (Fsp3) is 0.923. The molecule has 0 bridgehead atoms. The molecule has 0 saturated carbocycles. The molecule has 5 nitrogen and oxygen atoms in total. The largest absolute Gasteiger partial charge is 0.377 e. The van der Waals surface area contributed by atoms with E-state index in [1.54, 1.807) is 7.05 Å². The van der Waals surface area contributed by atoms with Gasteiger partial charge in [-0.15, -0.1) is 0 Å². The summed E-state index contributed by atoms with van der Waals surface area (Å²) >= 11 is 0. The quantitative estimate of drug-likeness (QED) is 0.724. The summed E-state index contributed by atoms with van der Waals surface area (Å²) in [5.74, 6) is 0.112. The van der Waals surface area contributed by atoms with E-state index in [-0.39, 0.29) is 5.91 Å². The van der Waals surface area contributed by atoms with Crippen LogP contribution in [-0.2, 0) is 9.53 Å². The molecule has 1 atom stereocenters. The number of carbonyl (C=O) groups is 1. The van der Waals surface area contributed by atoms with E-state index in [1.807, 2.05) is 0 Å². The Morgan fingerprint density at radius 2 is 2.11 bits per heavy atom. The molecule has 2 heterocycles. The van der Waals surface area contributed by atoms with Crippen molar-refractivity contribution in [2.45, 2.75) is 37.8 Å². The van der Waals surface area contributed by atoms with E-state index in [0.29, 0.717) is 18.7 Å². The SMILES string of the molecule is CNC(=O)CN1CCC(NCC2CCCO2)CC1. The first-order chi connectivity index (χ1) is 8.78. The highest BCUT2D eigenvalue weighted by Crippen LogP contribution is 2.13. The Labute approximate surface area is 109 Å². The molecule has 1 unspecified atom stereocenters. The molecule has 5 heteroatoms. The van der Waals surface area contributed by atoms with Crippen molar-refractivity contribution in [1.29, 1.82) is 0 Å². The van der Waals surface area contributed by atoms with Gasteiger partial charge < -0.3 is 15.4 Å². The molecule has 0 aromatic rings. The Morgan fingerprint density at radius 3 is 2.72 bits per heavy atom. The normalized spacial score (nSPS) is 26.4. The first kappa shape index (κ1) is 13.8. The van der Waals surface area contributed by atoms with Gasteiger partial charge in [0.05, 0.1) is 12.6 Å². The van der Waals surface area contributed by atoms with Gasteiger partial charge in [-0.25, -0.2) is 0 Å². The van der Waals surface area contributed by atoms with Crippen LogP contribution in [0, 0.1) is 0 Å². The number of piperidine rings is 1. The lowest BCUT2D eigenvalue weighted by Crippen LogP contribution is -2.46. The van der Waals surface area contributed by atoms with E-state index in [9.17, 15) is 4.79 Å². The highest BCUT2D eigenvalue weighted by Gasteiger charge is 2.22. The van der Waals surface area contributed by atoms with E-state index >= 15 is 0 Å². The van der Waals surface area contributed by atoms with Crippen LogP contribution in [0.3, 0.4) is 0 Å². The molecule has 2 aliphatic rings. The van der Waals surface area contributed by atoms with Crippen LogP contribution in [0.1, 0.15) is 25.7 Å². The molecule has 104 valence electrons. The Kier molecular flexibility index (Phi) is 5.41. The maximum atomic E-state index is 11.3. The summed E-state index contributed by atoms with van der Waals surface area (Å²) in [4.78, 5) is 13.5. The lowest BCUT2D eigenvalue weighted by atomic mass is 10.0. The number of nitrogens with zero attached hydrogens (tertiary/aromatic N) is 1. The Hall–Kier alpha value is -0.650. The molecule has 18 heavy (non-hydrogen) atoms. The number of ether oxygens (including phenoxy) is 1. The predicted molar refractivity (Wildman–Crippen MR) is 70.5 cm³/mol. The third kappa shape index (κ3) is 4.23. The molecule has 0 aliphatic carbocycles. The van der Waals surface area contributed by atoms with E-state index in [0.717, 1.165) is 39.1 Å². The van der Waals surface area contributed by atoms with Gasteiger partial charge in [0.2, 0.25) is 5.91 Å². The average molecular weight is 255 g/mol. The highest BCUT2D eigenvalue weighted by atomic mass is 16.5. The van der Waals surface area contributed by atoms with Gasteiger partial charge >= 0.3 is 0 Å². The lowest BCUT2D eigenvalue weighted by Gasteiger charge is -2.32. The zero-order valence-corrected chi connectivity index (χ0v) is 11.3. The Morgan fingerprint density at radius 1 is 1.33 bits per heavy atom. The molecule has 0 spiro atoms. The molecule has 0 radical (unpaired) electrons. The monoisotopic (exact) mass is 255 g/mol. The summed E-state index contributed by atoms with van der Waals surface area (Å²) in [6.07, 6.45) is 5.08. The van der Waals surface area contributed by atoms with Crippen LogP contribution < -0.4 is 10.6 Å². The molecule has 2 aliphatic heterocycles. The maximum Gasteiger partial charge on any atom is 0.233 e. The average Bonchev–Trinajstić information content (AvgIpc) is 2.91. The number of hydrogen-bond donors (Lipinski definition) is 2. The van der Waals surface area contributed by atoms with Crippen molar-refractivity contribution in [3.8, 4) is 0 Å². The van der Waals surface area contributed by atoms with Gasteiger partial charge in [-0.2, -0.15) is 0 Å². The summed E-state index contributed by atoms with van der Waals surface area (Å²) in [7, 11) is 1.69. The maximum absolute atomic E-state index is 11.3. The number of rotatable bonds is 5. The van der Waals surface area contributed by atoms with Crippen LogP contribution in [0.2, 0.25) is 0 Å². The second kappa shape index (κ2) is 7.07. The number of carbonyl (C=O) groups excluding carboxylic acids is 1. The molecule has 2 N–H and O–H groups in total. The van der Waals surface area contributed by atoms with Gasteiger partial charge in [-0.05, 0) is 25.7 Å². The molecular weight excluding hydrogens is 230 g/mol. The van der Waals surface area contributed by atoms with Gasteiger partial charge in [0.25, 0.3) is 0 Å². The highest BCUT2D eigenvalue weighted by molar-refractivity contribution is 5.77. The fourth-order valence-electron chi connectivity index (χ4n) is 2.68. The summed E-state index contributed by atoms with van der Waals surface area (Å²) < 4.78 is 5.61. The van der Waals surface area contributed by atoms with Crippen LogP contribution >= 0.6 is 0 Å². The molecule has 2 fully saturated rings. The van der Waals surface area contributed by atoms with Crippen LogP contribution in [0.25, 0.3) is 0 Å². The Bertz CT molecular complexity index is 259. The smallest absolute Gasteiger partial charge is 0.233 e. The number of amides is 1. The standard InChI is InChI=1S/C13H25N3O2/c1-14-13(17)10-16-6-4-11(5-7-16)15-9-12-3-2-8-18-12/h11-12,15H,2-10H2,1H3,(H,14,17). The second-order valence-electron chi connectivity index (χ2n) is 5.27. The van der Waals surface area contributed by atoms with E-state index in [1.165, 1.54) is 12.8 Å². The minimum atomic E-state index is 0.112. The zero-order valence-electron chi connectivity index (χ0n) is 11.3. The van der Waals surface area contributed by atoms with E-state index < -0.39 is 0 Å². The number of nitrogens with one attached hydrogen (secondary N) is 2. The van der Waals surface area contributed by atoms with Gasteiger partial charge in [-0.3, -0.25) is 9.69 Å². The number of likely N-dealkylation sites (N-methyl/N-ethyl adjacent to an activating group) is 1. The summed E-state index contributed by atoms with van der Waals surface area (Å²) in [6, 6.07) is 0.593. The third-order valence-corrected chi connectivity index (χ3v) is 3.89. The van der Waals surface area contributed by atoms with Gasteiger partial charge in [0.1, 0.15) is 0 Å². The molecular formula is C13H25N3O2. The van der Waals surface area contributed by atoms with Crippen molar-refractivity contribution in [3.63, 3.8) is 0 Å². The molecule has 0 aromatic carbocycles. The second-order valence-corrected chi connectivity index (χ2v) is 5.27. The third-order valence-electron chi connectivity index (χ3n) is 3.89. The van der Waals surface area contributed by atoms with Crippen LogP contribution in [0.5, 0.6) is 0 Å². The first-order valence-electron chi connectivity index (χ1n) is 7.06. The zero-order chi connectivity index (χ0) is 12.8. The molecule has 2 rings (SSSR count). The van der Waals surface area contributed by atoms with Crippen LogP contribution in [0.4, 0.5) is 0 Å². The van der Waals surface area contributed by atoms with Gasteiger partial charge in [-0.1, -0.05) is 0 Å². The van der Waals surface area contributed by atoms with Crippen LogP contribution in [-0.4, -0.2) is 62.8 Å². The minimum Gasteiger partial charge on any atom is -0.377 e. The fourth-order valence-corrected chi connectivity index (χ4v) is 2.68. The van der Waals surface area contributed by atoms with Crippen molar-refractivity contribution in [3.05, 3.63) is 0 Å². The van der Waals surface area contributed by atoms with Crippen molar-refractivity contribution in [2.24, 2.45) is 0 Å². The number of likely N-dealkylation sites (tertiary alicyclic amines) is 1. The predicted octanol–water partition coefficient (Wildman–Crippen LogP) is -0.0346. The topological polar surface area (TPSA) is 53.6 Å². The van der Waals surface area contributed by atoms with Gasteiger partial charge in [0.15, 0.2) is 0 Å². The minimum absolute atomic E-state index is 0.112. The summed E-state index contributed by atoms with van der Waals surface area (Å²) in [6.45, 7) is 4.47. The molecule has 2 saturated heterocycles. The van der Waals surface area contributed by atoms with Gasteiger partial charge in [0, 0.05) is 39.3 Å². The van der Waals surface area contributed by atoms with Crippen molar-refractivity contribution < 1.29 is 9.53 Å². The van der Waals surface area contributed by atoms with Crippen molar-refractivity contribution >= 4 is 5.91 Å². The van der Waals surface area contributed by atoms with Crippen LogP contribution in [0.15, 0.2) is 0 Å². The Balaban J connectivity index is 1.59.